The Morgan fingerprint density at radius 3 is 2.57 bits per heavy atom. The highest BCUT2D eigenvalue weighted by atomic mass is 16.2. The maximum atomic E-state index is 11.2. The summed E-state index contributed by atoms with van der Waals surface area (Å²) in [5, 5.41) is 11.0. The van der Waals surface area contributed by atoms with Crippen molar-refractivity contribution < 1.29 is 10.5 Å². The second-order valence-electron chi connectivity index (χ2n) is 3.04. The Labute approximate surface area is 82.3 Å². The maximum Gasteiger partial charge on any atom is 0.297 e. The SMILES string of the molecule is Cc1ccc(NC(=O)[C@H]([NH3+])C#N)cc1. The molecule has 0 aliphatic heterocycles. The highest BCUT2D eigenvalue weighted by Crippen LogP contribution is 2.08. The molecule has 4 N–H and O–H groups in total. The van der Waals surface area contributed by atoms with E-state index < -0.39 is 6.04 Å². The number of quaternary nitrogens is 1. The van der Waals surface area contributed by atoms with Gasteiger partial charge in [-0.05, 0) is 19.1 Å². The minimum Gasteiger partial charge on any atom is -0.335 e. The van der Waals surface area contributed by atoms with Crippen LogP contribution >= 0.6 is 0 Å². The van der Waals surface area contributed by atoms with E-state index in [2.05, 4.69) is 11.1 Å². The van der Waals surface area contributed by atoms with Crippen molar-refractivity contribution >= 4 is 11.6 Å². The van der Waals surface area contributed by atoms with E-state index in [1.807, 2.05) is 19.1 Å². The van der Waals surface area contributed by atoms with Crippen LogP contribution in [0.25, 0.3) is 0 Å². The number of rotatable bonds is 2. The summed E-state index contributed by atoms with van der Waals surface area (Å²) in [4.78, 5) is 11.2. The van der Waals surface area contributed by atoms with Crippen molar-refractivity contribution in [3.05, 3.63) is 29.8 Å². The Morgan fingerprint density at radius 2 is 2.07 bits per heavy atom. The Kier molecular flexibility index (Phi) is 3.21. The van der Waals surface area contributed by atoms with Crippen molar-refractivity contribution in [2.24, 2.45) is 0 Å². The minimum absolute atomic E-state index is 0.378. The smallest absolute Gasteiger partial charge is 0.297 e. The third-order valence-electron chi connectivity index (χ3n) is 1.79. The molecule has 0 saturated carbocycles. The molecule has 0 spiro atoms. The number of amides is 1. The molecule has 4 heteroatoms. The van der Waals surface area contributed by atoms with Gasteiger partial charge in [-0.15, -0.1) is 0 Å². The lowest BCUT2D eigenvalue weighted by Crippen LogP contribution is -2.65. The van der Waals surface area contributed by atoms with Crippen LogP contribution in [0.15, 0.2) is 24.3 Å². The fourth-order valence-electron chi connectivity index (χ4n) is 0.925. The van der Waals surface area contributed by atoms with Crippen LogP contribution in [0.1, 0.15) is 5.56 Å². The van der Waals surface area contributed by atoms with Gasteiger partial charge in [-0.25, -0.2) is 0 Å². The van der Waals surface area contributed by atoms with E-state index in [4.69, 9.17) is 5.26 Å². The summed E-state index contributed by atoms with van der Waals surface area (Å²) in [6.07, 6.45) is 0. The Bertz CT molecular complexity index is 364. The van der Waals surface area contributed by atoms with Crippen molar-refractivity contribution in [2.75, 3.05) is 5.32 Å². The van der Waals surface area contributed by atoms with Crippen LogP contribution in [-0.4, -0.2) is 11.9 Å². The van der Waals surface area contributed by atoms with E-state index >= 15 is 0 Å². The van der Waals surface area contributed by atoms with Crippen molar-refractivity contribution in [3.8, 4) is 6.07 Å². The normalized spacial score (nSPS) is 11.5. The third-order valence-corrected chi connectivity index (χ3v) is 1.79. The van der Waals surface area contributed by atoms with Crippen LogP contribution in [0.2, 0.25) is 0 Å². The molecule has 0 saturated heterocycles. The number of hydrogen-bond donors (Lipinski definition) is 2. The lowest BCUT2D eigenvalue weighted by atomic mass is 10.2. The summed E-state index contributed by atoms with van der Waals surface area (Å²) in [7, 11) is 0. The molecule has 0 heterocycles. The number of nitrogens with zero attached hydrogens (tertiary/aromatic N) is 1. The van der Waals surface area contributed by atoms with Gasteiger partial charge in [-0.3, -0.25) is 4.79 Å². The first-order valence-corrected chi connectivity index (χ1v) is 4.23. The van der Waals surface area contributed by atoms with Crippen LogP contribution < -0.4 is 11.1 Å². The van der Waals surface area contributed by atoms with Crippen LogP contribution in [0, 0.1) is 18.3 Å². The zero-order valence-corrected chi connectivity index (χ0v) is 7.95. The molecule has 0 bridgehead atoms. The molecule has 1 aromatic carbocycles. The highest BCUT2D eigenvalue weighted by Gasteiger charge is 2.15. The van der Waals surface area contributed by atoms with Crippen LogP contribution in [0.4, 0.5) is 5.69 Å². The fraction of sp³-hybridized carbons (Fsp3) is 0.200. The van der Waals surface area contributed by atoms with Crippen molar-refractivity contribution in [1.82, 2.24) is 0 Å². The number of anilines is 1. The molecule has 0 fully saturated rings. The number of nitrogens with one attached hydrogen (secondary N) is 1. The van der Waals surface area contributed by atoms with Gasteiger partial charge in [-0.1, -0.05) is 17.7 Å². The Morgan fingerprint density at radius 1 is 1.50 bits per heavy atom. The molecule has 4 nitrogen and oxygen atoms in total. The van der Waals surface area contributed by atoms with Gasteiger partial charge in [0.25, 0.3) is 11.9 Å². The molecule has 0 unspecified atom stereocenters. The highest BCUT2D eigenvalue weighted by molar-refractivity contribution is 5.95. The van der Waals surface area contributed by atoms with Crippen LogP contribution in [0.3, 0.4) is 0 Å². The largest absolute Gasteiger partial charge is 0.335 e. The number of carbonyl (C=O) groups excluding carboxylic acids is 1. The predicted molar refractivity (Wildman–Crippen MR) is 52.1 cm³/mol. The van der Waals surface area contributed by atoms with Gasteiger partial charge < -0.3 is 11.1 Å². The molecule has 0 aromatic heterocycles. The number of benzene rings is 1. The van der Waals surface area contributed by atoms with Gasteiger partial charge in [-0.2, -0.15) is 5.26 Å². The van der Waals surface area contributed by atoms with Crippen LogP contribution in [0.5, 0.6) is 0 Å². The molecule has 1 amide bonds. The zero-order chi connectivity index (χ0) is 10.6. The number of aryl methyl sites for hydroxylation is 1. The molecule has 1 rings (SSSR count). The minimum atomic E-state index is -0.865. The lowest BCUT2D eigenvalue weighted by molar-refractivity contribution is -0.384. The second-order valence-corrected chi connectivity index (χ2v) is 3.04. The van der Waals surface area contributed by atoms with E-state index in [1.54, 1.807) is 18.2 Å². The van der Waals surface area contributed by atoms with Gasteiger partial charge >= 0.3 is 0 Å². The number of hydrogen-bond acceptors (Lipinski definition) is 2. The second kappa shape index (κ2) is 4.40. The van der Waals surface area contributed by atoms with Gasteiger partial charge in [0.05, 0.1) is 0 Å². The van der Waals surface area contributed by atoms with E-state index in [9.17, 15) is 4.79 Å². The fourth-order valence-corrected chi connectivity index (χ4v) is 0.925. The van der Waals surface area contributed by atoms with Crippen molar-refractivity contribution in [3.63, 3.8) is 0 Å². The molecular formula is C10H12N3O+. The Balaban J connectivity index is 2.66. The van der Waals surface area contributed by atoms with Gasteiger partial charge in [0.1, 0.15) is 6.07 Å². The first-order chi connectivity index (χ1) is 6.63. The topological polar surface area (TPSA) is 80.5 Å². The standard InChI is InChI=1S/C10H11N3O/c1-7-2-4-8(5-3-7)13-10(14)9(12)6-11/h2-5,9H,12H2,1H3,(H,13,14)/p+1/t9-/m1/s1. The summed E-state index contributed by atoms with van der Waals surface area (Å²) < 4.78 is 0. The molecule has 1 aromatic rings. The summed E-state index contributed by atoms with van der Waals surface area (Å²) in [6.45, 7) is 1.96. The van der Waals surface area contributed by atoms with E-state index in [-0.39, 0.29) is 5.91 Å². The quantitative estimate of drug-likeness (QED) is 0.691. The molecule has 1 atom stereocenters. The molecule has 14 heavy (non-hydrogen) atoms. The summed E-state index contributed by atoms with van der Waals surface area (Å²) in [5.41, 5.74) is 5.20. The molecule has 0 aliphatic rings. The summed E-state index contributed by atoms with van der Waals surface area (Å²) in [6, 6.07) is 8.26. The number of nitriles is 1. The maximum absolute atomic E-state index is 11.2. The average Bonchev–Trinajstić information content (AvgIpc) is 2.20. The van der Waals surface area contributed by atoms with Crippen molar-refractivity contribution in [1.29, 1.82) is 5.26 Å². The Hall–Kier alpha value is -1.86. The summed E-state index contributed by atoms with van der Waals surface area (Å²) >= 11 is 0. The van der Waals surface area contributed by atoms with E-state index in [0.29, 0.717) is 5.69 Å². The predicted octanol–water partition coefficient (Wildman–Crippen LogP) is 0.0676. The third kappa shape index (κ3) is 2.57. The molecular weight excluding hydrogens is 178 g/mol. The van der Waals surface area contributed by atoms with Gasteiger partial charge in [0.2, 0.25) is 0 Å². The first kappa shape index (κ1) is 10.2. The monoisotopic (exact) mass is 190 g/mol. The first-order valence-electron chi connectivity index (χ1n) is 4.23. The molecule has 72 valence electrons. The number of carbonyl (C=O) groups is 1. The molecule has 0 aliphatic carbocycles. The zero-order valence-electron chi connectivity index (χ0n) is 7.95. The average molecular weight is 190 g/mol. The molecule has 0 radical (unpaired) electrons. The van der Waals surface area contributed by atoms with E-state index in [0.717, 1.165) is 5.56 Å². The van der Waals surface area contributed by atoms with Crippen molar-refractivity contribution in [2.45, 2.75) is 13.0 Å². The van der Waals surface area contributed by atoms with Gasteiger partial charge in [0, 0.05) is 5.69 Å². The van der Waals surface area contributed by atoms with Gasteiger partial charge in [0.15, 0.2) is 0 Å². The van der Waals surface area contributed by atoms with E-state index in [1.165, 1.54) is 0 Å². The lowest BCUT2D eigenvalue weighted by Gasteiger charge is -2.04. The van der Waals surface area contributed by atoms with Crippen LogP contribution in [-0.2, 0) is 4.79 Å². The summed E-state index contributed by atoms with van der Waals surface area (Å²) in [5.74, 6) is -0.378.